The van der Waals surface area contributed by atoms with E-state index in [-0.39, 0.29) is 0 Å². The zero-order chi connectivity index (χ0) is 9.42. The second kappa shape index (κ2) is 2.69. The summed E-state index contributed by atoms with van der Waals surface area (Å²) in [5.74, 6) is 0.764. The van der Waals surface area contributed by atoms with Crippen molar-refractivity contribution in [3.8, 4) is 0 Å². The Kier molecular flexibility index (Phi) is 1.65. The Morgan fingerprint density at radius 2 is 2.23 bits per heavy atom. The summed E-state index contributed by atoms with van der Waals surface area (Å²) in [6, 6.07) is 5.88. The lowest BCUT2D eigenvalue weighted by molar-refractivity contribution is 1.13. The molecule has 0 fully saturated rings. The minimum Gasteiger partial charge on any atom is -0.383 e. The third-order valence-electron chi connectivity index (χ3n) is 2.28. The van der Waals surface area contributed by atoms with E-state index < -0.39 is 0 Å². The molecular weight excluding hydrogens is 162 g/mol. The highest BCUT2D eigenvalue weighted by Crippen LogP contribution is 2.21. The fourth-order valence-corrected chi connectivity index (χ4v) is 1.62. The first-order valence-electron chi connectivity index (χ1n) is 4.29. The number of aryl methyl sites for hydroxylation is 1. The number of hydrogen-bond donors (Lipinski definition) is 2. The molecule has 1 aromatic rings. The molecule has 3 heteroatoms. The lowest BCUT2D eigenvalue weighted by Gasteiger charge is -2.04. The Morgan fingerprint density at radius 1 is 1.46 bits per heavy atom. The van der Waals surface area contributed by atoms with Gasteiger partial charge in [0.05, 0.1) is 0 Å². The topological polar surface area (TPSA) is 62.2 Å². The standard InChI is InChI=1S/C10H11N3/c1-2-6-4-3-5-7-8(6)10(12)13-9(7)11/h3-5H,2H2,1H3,(H3,11,12,13). The summed E-state index contributed by atoms with van der Waals surface area (Å²) >= 11 is 0. The van der Waals surface area contributed by atoms with E-state index in [1.807, 2.05) is 18.2 Å². The number of amidine groups is 2. The maximum atomic E-state index is 7.64. The Labute approximate surface area is 76.8 Å². The van der Waals surface area contributed by atoms with Gasteiger partial charge in [-0.1, -0.05) is 25.1 Å². The molecule has 0 atom stereocenters. The summed E-state index contributed by atoms with van der Waals surface area (Å²) in [5, 5.41) is 7.64. The van der Waals surface area contributed by atoms with Gasteiger partial charge in [0.15, 0.2) is 5.84 Å². The van der Waals surface area contributed by atoms with Gasteiger partial charge in [-0.05, 0) is 12.0 Å². The summed E-state index contributed by atoms with van der Waals surface area (Å²) in [4.78, 5) is 3.94. The maximum absolute atomic E-state index is 7.64. The zero-order valence-corrected chi connectivity index (χ0v) is 7.46. The molecule has 1 aliphatic heterocycles. The molecule has 0 amide bonds. The molecule has 0 radical (unpaired) electrons. The lowest BCUT2D eigenvalue weighted by Crippen LogP contribution is -2.10. The monoisotopic (exact) mass is 173 g/mol. The molecular formula is C10H11N3. The summed E-state index contributed by atoms with van der Waals surface area (Å²) in [6.07, 6.45) is 0.911. The van der Waals surface area contributed by atoms with Crippen molar-refractivity contribution in [2.45, 2.75) is 13.3 Å². The zero-order valence-electron chi connectivity index (χ0n) is 7.46. The number of rotatable bonds is 1. The number of nitrogens with zero attached hydrogens (tertiary/aromatic N) is 1. The first-order valence-corrected chi connectivity index (χ1v) is 4.29. The Bertz CT molecular complexity index is 405. The van der Waals surface area contributed by atoms with Crippen LogP contribution in [0.3, 0.4) is 0 Å². The molecule has 2 rings (SSSR count). The first-order chi connectivity index (χ1) is 6.24. The highest BCUT2D eigenvalue weighted by atomic mass is 14.9. The Balaban J connectivity index is 2.68. The van der Waals surface area contributed by atoms with Crippen LogP contribution in [0.5, 0.6) is 0 Å². The number of nitrogens with two attached hydrogens (primary N) is 1. The van der Waals surface area contributed by atoms with Crippen molar-refractivity contribution in [3.63, 3.8) is 0 Å². The lowest BCUT2D eigenvalue weighted by atomic mass is 10.00. The largest absolute Gasteiger partial charge is 0.383 e. The van der Waals surface area contributed by atoms with Crippen molar-refractivity contribution in [2.24, 2.45) is 10.7 Å². The van der Waals surface area contributed by atoms with Gasteiger partial charge in [-0.25, -0.2) is 4.99 Å². The number of aliphatic imine (C=N–C) groups is 1. The Morgan fingerprint density at radius 3 is 2.92 bits per heavy atom. The van der Waals surface area contributed by atoms with E-state index in [1.54, 1.807) is 0 Å². The van der Waals surface area contributed by atoms with Crippen LogP contribution in [0, 0.1) is 5.41 Å². The average Bonchev–Trinajstić information content (AvgIpc) is 2.43. The van der Waals surface area contributed by atoms with Crippen molar-refractivity contribution < 1.29 is 0 Å². The fraction of sp³-hybridized carbons (Fsp3) is 0.200. The highest BCUT2D eigenvalue weighted by Gasteiger charge is 2.20. The molecule has 1 heterocycles. The van der Waals surface area contributed by atoms with Gasteiger partial charge in [0.25, 0.3) is 0 Å². The van der Waals surface area contributed by atoms with Crippen molar-refractivity contribution in [2.75, 3.05) is 0 Å². The molecule has 1 aromatic carbocycles. The van der Waals surface area contributed by atoms with Crippen LogP contribution < -0.4 is 5.73 Å². The smallest absolute Gasteiger partial charge is 0.155 e. The van der Waals surface area contributed by atoms with Crippen LogP contribution in [0.15, 0.2) is 23.2 Å². The van der Waals surface area contributed by atoms with E-state index >= 15 is 0 Å². The molecule has 0 saturated carbocycles. The fourth-order valence-electron chi connectivity index (χ4n) is 1.62. The molecule has 3 nitrogen and oxygen atoms in total. The van der Waals surface area contributed by atoms with Gasteiger partial charge in [0.1, 0.15) is 5.84 Å². The van der Waals surface area contributed by atoms with Crippen molar-refractivity contribution in [3.05, 3.63) is 34.9 Å². The average molecular weight is 173 g/mol. The molecule has 1 aliphatic rings. The van der Waals surface area contributed by atoms with Gasteiger partial charge >= 0.3 is 0 Å². The predicted octanol–water partition coefficient (Wildman–Crippen LogP) is 1.29. The predicted molar refractivity (Wildman–Crippen MR) is 53.4 cm³/mol. The normalized spacial score (nSPS) is 14.2. The molecule has 0 aliphatic carbocycles. The number of benzene rings is 1. The summed E-state index contributed by atoms with van der Waals surface area (Å²) in [5.41, 5.74) is 8.63. The molecule has 0 unspecified atom stereocenters. The van der Waals surface area contributed by atoms with Gasteiger partial charge in [-0.3, -0.25) is 5.41 Å². The van der Waals surface area contributed by atoms with Crippen molar-refractivity contribution in [1.82, 2.24) is 0 Å². The van der Waals surface area contributed by atoms with Crippen LogP contribution in [0.4, 0.5) is 0 Å². The molecule has 0 spiro atoms. The molecule has 13 heavy (non-hydrogen) atoms. The number of fused-ring (bicyclic) bond motifs is 1. The molecule has 3 N–H and O–H groups in total. The van der Waals surface area contributed by atoms with E-state index in [9.17, 15) is 0 Å². The quantitative estimate of drug-likeness (QED) is 0.660. The molecule has 66 valence electrons. The van der Waals surface area contributed by atoms with E-state index in [4.69, 9.17) is 11.1 Å². The highest BCUT2D eigenvalue weighted by molar-refractivity contribution is 6.21. The van der Waals surface area contributed by atoms with Gasteiger partial charge in [0, 0.05) is 11.1 Å². The van der Waals surface area contributed by atoms with Crippen molar-refractivity contribution >= 4 is 11.7 Å². The molecule has 0 bridgehead atoms. The first kappa shape index (κ1) is 7.98. The number of hydrogen-bond acceptors (Lipinski definition) is 2. The Hall–Kier alpha value is -1.64. The van der Waals surface area contributed by atoms with E-state index in [0.29, 0.717) is 11.7 Å². The summed E-state index contributed by atoms with van der Waals surface area (Å²) < 4.78 is 0. The second-order valence-corrected chi connectivity index (χ2v) is 3.04. The van der Waals surface area contributed by atoms with Crippen LogP contribution in [-0.2, 0) is 6.42 Å². The maximum Gasteiger partial charge on any atom is 0.155 e. The SMILES string of the molecule is CCc1cccc2c1C(=N)N=C2N. The number of nitrogens with one attached hydrogen (secondary N) is 1. The van der Waals surface area contributed by atoms with Crippen molar-refractivity contribution in [1.29, 1.82) is 5.41 Å². The van der Waals surface area contributed by atoms with Gasteiger partial charge in [-0.15, -0.1) is 0 Å². The van der Waals surface area contributed by atoms with Crippen LogP contribution in [0.25, 0.3) is 0 Å². The third kappa shape index (κ3) is 1.04. The van der Waals surface area contributed by atoms with Crippen LogP contribution in [0.1, 0.15) is 23.6 Å². The van der Waals surface area contributed by atoms with E-state index in [0.717, 1.165) is 23.1 Å². The third-order valence-corrected chi connectivity index (χ3v) is 2.28. The van der Waals surface area contributed by atoms with Gasteiger partial charge < -0.3 is 5.73 Å². The van der Waals surface area contributed by atoms with E-state index in [2.05, 4.69) is 11.9 Å². The summed E-state index contributed by atoms with van der Waals surface area (Å²) in [6.45, 7) is 2.07. The van der Waals surface area contributed by atoms with Gasteiger partial charge in [0.2, 0.25) is 0 Å². The van der Waals surface area contributed by atoms with Crippen LogP contribution in [0.2, 0.25) is 0 Å². The van der Waals surface area contributed by atoms with Crippen LogP contribution >= 0.6 is 0 Å². The molecule has 0 aromatic heterocycles. The van der Waals surface area contributed by atoms with E-state index in [1.165, 1.54) is 0 Å². The minimum absolute atomic E-state index is 0.296. The van der Waals surface area contributed by atoms with Gasteiger partial charge in [-0.2, -0.15) is 0 Å². The molecule has 0 saturated heterocycles. The minimum atomic E-state index is 0.296. The second-order valence-electron chi connectivity index (χ2n) is 3.04. The summed E-state index contributed by atoms with van der Waals surface area (Å²) in [7, 11) is 0. The van der Waals surface area contributed by atoms with Crippen LogP contribution in [-0.4, -0.2) is 11.7 Å².